The first-order valence-electron chi connectivity index (χ1n) is 8.96. The van der Waals surface area contributed by atoms with Gasteiger partial charge in [-0.05, 0) is 35.9 Å². The molecule has 0 bridgehead atoms. The van der Waals surface area contributed by atoms with Crippen LogP contribution in [0.1, 0.15) is 28.8 Å². The molecule has 1 amide bonds. The van der Waals surface area contributed by atoms with Gasteiger partial charge in [-0.15, -0.1) is 0 Å². The summed E-state index contributed by atoms with van der Waals surface area (Å²) in [6, 6.07) is 10.9. The van der Waals surface area contributed by atoms with Crippen LogP contribution >= 0.6 is 0 Å². The van der Waals surface area contributed by atoms with Crippen LogP contribution in [0, 0.1) is 0 Å². The molecular weight excluding hydrogens is 390 g/mol. The molecule has 0 fully saturated rings. The molecule has 0 aliphatic rings. The number of benzene rings is 2. The van der Waals surface area contributed by atoms with E-state index in [0.29, 0.717) is 16.9 Å². The standard InChI is InChI=1S/C21H21N3O6/c1-13(25)2-8-18(26)17-11-16(7-9-19(17)27)24-23-15-5-3-14(4-6-15)10-20(28)22-12-21(29)30/h3-7,9,11,25,27H,1-2,8,10,12H2,(H,22,28)(H,29,30). The smallest absolute Gasteiger partial charge is 0.322 e. The fraction of sp³-hybridized carbons (Fsp3) is 0.190. The number of allylic oxidation sites excluding steroid dienone is 1. The second-order valence-corrected chi connectivity index (χ2v) is 6.40. The summed E-state index contributed by atoms with van der Waals surface area (Å²) in [5, 5.41) is 37.9. The van der Waals surface area contributed by atoms with Gasteiger partial charge in [-0.1, -0.05) is 18.7 Å². The minimum atomic E-state index is -1.11. The van der Waals surface area contributed by atoms with Crippen molar-refractivity contribution in [3.8, 4) is 5.75 Å². The number of carbonyl (C=O) groups is 3. The maximum absolute atomic E-state index is 12.2. The lowest BCUT2D eigenvalue weighted by molar-refractivity contribution is -0.137. The third-order valence-electron chi connectivity index (χ3n) is 3.94. The van der Waals surface area contributed by atoms with Crippen molar-refractivity contribution in [2.24, 2.45) is 10.2 Å². The van der Waals surface area contributed by atoms with Crippen LogP contribution in [0.2, 0.25) is 0 Å². The summed E-state index contributed by atoms with van der Waals surface area (Å²) in [6.45, 7) is 2.89. The molecule has 156 valence electrons. The van der Waals surface area contributed by atoms with Crippen LogP contribution in [-0.4, -0.2) is 39.5 Å². The monoisotopic (exact) mass is 411 g/mol. The van der Waals surface area contributed by atoms with Gasteiger partial charge >= 0.3 is 5.97 Å². The molecule has 0 atom stereocenters. The number of ketones is 1. The summed E-state index contributed by atoms with van der Waals surface area (Å²) in [5.41, 5.74) is 1.62. The third-order valence-corrected chi connectivity index (χ3v) is 3.94. The van der Waals surface area contributed by atoms with E-state index in [1.807, 2.05) is 0 Å². The van der Waals surface area contributed by atoms with E-state index in [1.165, 1.54) is 18.2 Å². The van der Waals surface area contributed by atoms with Crippen molar-refractivity contribution in [2.75, 3.05) is 6.54 Å². The van der Waals surface area contributed by atoms with Crippen molar-refractivity contribution in [1.29, 1.82) is 0 Å². The van der Waals surface area contributed by atoms with Gasteiger partial charge in [0.1, 0.15) is 12.3 Å². The quantitative estimate of drug-likeness (QED) is 0.267. The molecule has 2 aromatic carbocycles. The molecule has 0 unspecified atom stereocenters. The summed E-state index contributed by atoms with van der Waals surface area (Å²) in [4.78, 5) is 34.2. The second-order valence-electron chi connectivity index (χ2n) is 6.40. The van der Waals surface area contributed by atoms with Crippen LogP contribution in [-0.2, 0) is 16.0 Å². The second kappa shape index (κ2) is 10.5. The zero-order valence-corrected chi connectivity index (χ0v) is 16.0. The first-order valence-corrected chi connectivity index (χ1v) is 8.96. The van der Waals surface area contributed by atoms with Crippen molar-refractivity contribution in [3.05, 3.63) is 65.9 Å². The molecule has 0 radical (unpaired) electrons. The summed E-state index contributed by atoms with van der Waals surface area (Å²) < 4.78 is 0. The molecule has 2 rings (SSSR count). The molecule has 0 saturated heterocycles. The minimum Gasteiger partial charge on any atom is -0.513 e. The van der Waals surface area contributed by atoms with E-state index in [4.69, 9.17) is 10.2 Å². The Balaban J connectivity index is 2.02. The van der Waals surface area contributed by atoms with Crippen molar-refractivity contribution in [2.45, 2.75) is 19.3 Å². The number of rotatable bonds is 10. The highest BCUT2D eigenvalue weighted by Crippen LogP contribution is 2.27. The Bertz CT molecular complexity index is 983. The number of Topliss-reactive ketones (excluding diaryl/α,β-unsaturated/α-hetero) is 1. The molecule has 2 aromatic rings. The van der Waals surface area contributed by atoms with Crippen LogP contribution in [0.5, 0.6) is 5.75 Å². The Morgan fingerprint density at radius 3 is 2.20 bits per heavy atom. The summed E-state index contributed by atoms with van der Waals surface area (Å²) in [6.07, 6.45) is 0.143. The Morgan fingerprint density at radius 1 is 0.933 bits per heavy atom. The van der Waals surface area contributed by atoms with Gasteiger partial charge < -0.3 is 20.6 Å². The molecule has 0 saturated carbocycles. The maximum Gasteiger partial charge on any atom is 0.322 e. The molecule has 4 N–H and O–H groups in total. The first kappa shape index (κ1) is 22.3. The highest BCUT2D eigenvalue weighted by atomic mass is 16.4. The number of aromatic hydroxyl groups is 1. The predicted molar refractivity (Wildman–Crippen MR) is 108 cm³/mol. The number of phenols is 1. The number of azo groups is 1. The third kappa shape index (κ3) is 7.19. The van der Waals surface area contributed by atoms with E-state index in [0.717, 1.165) is 0 Å². The van der Waals surface area contributed by atoms with E-state index >= 15 is 0 Å². The van der Waals surface area contributed by atoms with E-state index < -0.39 is 18.4 Å². The Labute approximate surface area is 172 Å². The maximum atomic E-state index is 12.2. The zero-order chi connectivity index (χ0) is 22.1. The average Bonchev–Trinajstić information content (AvgIpc) is 2.71. The SMILES string of the molecule is C=C(O)CCC(=O)c1cc(N=Nc2ccc(CC(=O)NCC(=O)O)cc2)ccc1O. The lowest BCUT2D eigenvalue weighted by atomic mass is 10.0. The number of amides is 1. The number of nitrogens with zero attached hydrogens (tertiary/aromatic N) is 2. The Kier molecular flexibility index (Phi) is 7.81. The van der Waals surface area contributed by atoms with Crippen molar-refractivity contribution < 1.29 is 29.7 Å². The van der Waals surface area contributed by atoms with E-state index in [1.54, 1.807) is 24.3 Å². The molecule has 0 aliphatic heterocycles. The normalized spacial score (nSPS) is 10.7. The predicted octanol–water partition coefficient (Wildman–Crippen LogP) is 3.59. The zero-order valence-electron chi connectivity index (χ0n) is 16.0. The van der Waals surface area contributed by atoms with Gasteiger partial charge in [0.05, 0.1) is 29.1 Å². The van der Waals surface area contributed by atoms with Gasteiger partial charge in [0, 0.05) is 12.8 Å². The van der Waals surface area contributed by atoms with Crippen molar-refractivity contribution in [3.63, 3.8) is 0 Å². The number of carboxylic acid groups (broad SMARTS) is 1. The molecule has 30 heavy (non-hydrogen) atoms. The fourth-order valence-corrected chi connectivity index (χ4v) is 2.42. The van der Waals surface area contributed by atoms with Gasteiger partial charge in [-0.25, -0.2) is 0 Å². The van der Waals surface area contributed by atoms with Crippen LogP contribution in [0.25, 0.3) is 0 Å². The number of carbonyl (C=O) groups excluding carboxylic acids is 2. The summed E-state index contributed by atoms with van der Waals surface area (Å²) >= 11 is 0. The molecule has 0 aromatic heterocycles. The average molecular weight is 411 g/mol. The molecule has 0 spiro atoms. The van der Waals surface area contributed by atoms with Gasteiger partial charge in [0.25, 0.3) is 0 Å². The molecule has 9 nitrogen and oxygen atoms in total. The molecular formula is C21H21N3O6. The van der Waals surface area contributed by atoms with Gasteiger partial charge in [0.15, 0.2) is 5.78 Å². The highest BCUT2D eigenvalue weighted by molar-refractivity contribution is 5.99. The fourth-order valence-electron chi connectivity index (χ4n) is 2.42. The number of aliphatic hydroxyl groups excluding tert-OH is 1. The van der Waals surface area contributed by atoms with Gasteiger partial charge in [0.2, 0.25) is 5.91 Å². The Hall–Kier alpha value is -4.01. The topological polar surface area (TPSA) is 149 Å². The van der Waals surface area contributed by atoms with E-state index in [-0.39, 0.29) is 42.1 Å². The van der Waals surface area contributed by atoms with Crippen molar-refractivity contribution >= 4 is 29.0 Å². The number of aliphatic hydroxyl groups is 1. The lowest BCUT2D eigenvalue weighted by Crippen LogP contribution is -2.30. The largest absolute Gasteiger partial charge is 0.513 e. The van der Waals surface area contributed by atoms with E-state index in [9.17, 15) is 19.5 Å². The van der Waals surface area contributed by atoms with Crippen LogP contribution in [0.3, 0.4) is 0 Å². The van der Waals surface area contributed by atoms with E-state index in [2.05, 4.69) is 22.1 Å². The molecule has 9 heteroatoms. The number of hydrogen-bond donors (Lipinski definition) is 4. The van der Waals surface area contributed by atoms with Crippen molar-refractivity contribution in [1.82, 2.24) is 5.32 Å². The summed E-state index contributed by atoms with van der Waals surface area (Å²) in [7, 11) is 0. The number of hydrogen-bond acceptors (Lipinski definition) is 7. The Morgan fingerprint density at radius 2 is 1.57 bits per heavy atom. The first-order chi connectivity index (χ1) is 14.2. The number of carboxylic acids is 1. The van der Waals surface area contributed by atoms with Gasteiger partial charge in [-0.2, -0.15) is 10.2 Å². The van der Waals surface area contributed by atoms with Gasteiger partial charge in [-0.3, -0.25) is 14.4 Å². The molecule has 0 heterocycles. The van der Waals surface area contributed by atoms with Crippen LogP contribution in [0.4, 0.5) is 11.4 Å². The van der Waals surface area contributed by atoms with Crippen LogP contribution in [0.15, 0.2) is 65.0 Å². The molecule has 0 aliphatic carbocycles. The highest BCUT2D eigenvalue weighted by Gasteiger charge is 2.12. The number of phenolic OH excluding ortho intramolecular Hbond substituents is 1. The minimum absolute atomic E-state index is 0.00495. The number of nitrogens with one attached hydrogen (secondary N) is 1. The summed E-state index contributed by atoms with van der Waals surface area (Å²) in [5.74, 6) is -2.17. The number of aliphatic carboxylic acids is 1. The lowest BCUT2D eigenvalue weighted by Gasteiger charge is -2.05. The van der Waals surface area contributed by atoms with Crippen LogP contribution < -0.4 is 5.32 Å².